The van der Waals surface area contributed by atoms with E-state index in [2.05, 4.69) is 32.0 Å². The normalized spacial score (nSPS) is 15.0. The molecule has 0 unspecified atom stereocenters. The minimum absolute atomic E-state index is 0.403. The van der Waals surface area contributed by atoms with Crippen molar-refractivity contribution in [2.24, 2.45) is 0 Å². The Morgan fingerprint density at radius 2 is 1.81 bits per heavy atom. The van der Waals surface area contributed by atoms with Crippen molar-refractivity contribution in [1.82, 2.24) is 9.78 Å². The summed E-state index contributed by atoms with van der Waals surface area (Å²) in [6.07, 6.45) is 3.51. The molecule has 1 fully saturated rings. The highest BCUT2D eigenvalue weighted by Crippen LogP contribution is 2.29. The predicted octanol–water partition coefficient (Wildman–Crippen LogP) is 3.08. The molecule has 1 aromatic carbocycles. The molecular weight excluding hydrogens is 330 g/mol. The molecule has 0 amide bonds. The van der Waals surface area contributed by atoms with Gasteiger partial charge in [-0.05, 0) is 43.5 Å². The van der Waals surface area contributed by atoms with Gasteiger partial charge in [-0.2, -0.15) is 5.26 Å². The molecule has 0 saturated carbocycles. The molecule has 1 aliphatic heterocycles. The average Bonchev–Trinajstić information content (AvgIpc) is 2.86. The molecule has 0 bridgehead atoms. The van der Waals surface area contributed by atoms with E-state index in [0.29, 0.717) is 17.2 Å². The number of halogens is 1. The molecular formula is C15H16BrN5. The fourth-order valence-corrected chi connectivity index (χ4v) is 2.90. The summed E-state index contributed by atoms with van der Waals surface area (Å²) in [5.74, 6) is 1.11. The summed E-state index contributed by atoms with van der Waals surface area (Å²) in [6.45, 7) is 1.87. The van der Waals surface area contributed by atoms with Crippen molar-refractivity contribution in [2.75, 3.05) is 23.7 Å². The Balaban J connectivity index is 2.04. The zero-order chi connectivity index (χ0) is 14.8. The molecule has 6 heteroatoms. The number of nitrogen functional groups attached to an aromatic ring is 1. The minimum Gasteiger partial charge on any atom is -0.382 e. The topological polar surface area (TPSA) is 70.9 Å². The zero-order valence-corrected chi connectivity index (χ0v) is 13.2. The van der Waals surface area contributed by atoms with Gasteiger partial charge in [0.15, 0.2) is 5.82 Å². The van der Waals surface area contributed by atoms with Crippen LogP contribution in [-0.2, 0) is 0 Å². The Bertz CT molecular complexity index is 677. The summed E-state index contributed by atoms with van der Waals surface area (Å²) in [6, 6.07) is 9.92. The number of piperidine rings is 1. The molecule has 2 heterocycles. The second-order valence-corrected chi connectivity index (χ2v) is 6.05. The maximum atomic E-state index is 9.42. The van der Waals surface area contributed by atoms with Crippen LogP contribution in [0.2, 0.25) is 0 Å². The first-order valence-corrected chi connectivity index (χ1v) is 7.79. The molecule has 5 nitrogen and oxygen atoms in total. The fourth-order valence-electron chi connectivity index (χ4n) is 2.63. The standard InChI is InChI=1S/C15H16BrN5/c16-11-4-6-12(7-5-11)21-14(18)13(10-17)15(19-21)20-8-2-1-3-9-20/h4-7H,1-3,8-9,18H2. The number of hydrogen-bond donors (Lipinski definition) is 1. The molecule has 1 saturated heterocycles. The Kier molecular flexibility index (Phi) is 3.84. The van der Waals surface area contributed by atoms with Crippen molar-refractivity contribution in [3.8, 4) is 11.8 Å². The van der Waals surface area contributed by atoms with Gasteiger partial charge in [0, 0.05) is 17.6 Å². The molecule has 1 aliphatic rings. The molecule has 1 aromatic heterocycles. The van der Waals surface area contributed by atoms with Crippen molar-refractivity contribution in [2.45, 2.75) is 19.3 Å². The zero-order valence-electron chi connectivity index (χ0n) is 11.6. The average molecular weight is 346 g/mol. The van der Waals surface area contributed by atoms with Crippen LogP contribution in [0.25, 0.3) is 5.69 Å². The lowest BCUT2D eigenvalue weighted by molar-refractivity contribution is 0.571. The maximum Gasteiger partial charge on any atom is 0.171 e. The van der Waals surface area contributed by atoms with E-state index in [9.17, 15) is 5.26 Å². The van der Waals surface area contributed by atoms with E-state index >= 15 is 0 Å². The number of anilines is 2. The largest absolute Gasteiger partial charge is 0.382 e. The number of benzene rings is 1. The van der Waals surface area contributed by atoms with E-state index < -0.39 is 0 Å². The van der Waals surface area contributed by atoms with Crippen molar-refractivity contribution < 1.29 is 0 Å². The van der Waals surface area contributed by atoms with Crippen LogP contribution < -0.4 is 10.6 Å². The van der Waals surface area contributed by atoms with Gasteiger partial charge in [-0.3, -0.25) is 0 Å². The van der Waals surface area contributed by atoms with Gasteiger partial charge in [-0.15, -0.1) is 5.10 Å². The van der Waals surface area contributed by atoms with Crippen molar-refractivity contribution in [3.63, 3.8) is 0 Å². The van der Waals surface area contributed by atoms with Crippen LogP contribution in [0.4, 0.5) is 11.6 Å². The number of nitrogens with zero attached hydrogens (tertiary/aromatic N) is 4. The van der Waals surface area contributed by atoms with Gasteiger partial charge in [0.25, 0.3) is 0 Å². The lowest BCUT2D eigenvalue weighted by Gasteiger charge is -2.26. The summed E-state index contributed by atoms with van der Waals surface area (Å²) in [5, 5.41) is 14.0. The molecule has 108 valence electrons. The molecule has 0 spiro atoms. The van der Waals surface area contributed by atoms with Crippen LogP contribution in [0.3, 0.4) is 0 Å². The van der Waals surface area contributed by atoms with Crippen LogP contribution in [0.1, 0.15) is 24.8 Å². The predicted molar refractivity (Wildman–Crippen MR) is 86.5 cm³/mol. The highest BCUT2D eigenvalue weighted by atomic mass is 79.9. The number of nitriles is 1. The lowest BCUT2D eigenvalue weighted by atomic mass is 10.1. The summed E-state index contributed by atoms with van der Waals surface area (Å²) >= 11 is 3.41. The highest BCUT2D eigenvalue weighted by Gasteiger charge is 2.22. The van der Waals surface area contributed by atoms with Crippen molar-refractivity contribution >= 4 is 27.6 Å². The van der Waals surface area contributed by atoms with Crippen LogP contribution in [-0.4, -0.2) is 22.9 Å². The van der Waals surface area contributed by atoms with Gasteiger partial charge >= 0.3 is 0 Å². The molecule has 2 N–H and O–H groups in total. The quantitative estimate of drug-likeness (QED) is 0.907. The number of rotatable bonds is 2. The fraction of sp³-hybridized carbons (Fsp3) is 0.333. The van der Waals surface area contributed by atoms with Gasteiger partial charge in [0.2, 0.25) is 0 Å². The van der Waals surface area contributed by atoms with E-state index in [0.717, 1.165) is 36.1 Å². The summed E-state index contributed by atoms with van der Waals surface area (Å²) in [7, 11) is 0. The number of hydrogen-bond acceptors (Lipinski definition) is 4. The second kappa shape index (κ2) is 5.78. The molecule has 2 aromatic rings. The summed E-state index contributed by atoms with van der Waals surface area (Å²) in [4.78, 5) is 2.16. The molecule has 0 aliphatic carbocycles. The van der Waals surface area contributed by atoms with E-state index in [1.807, 2.05) is 24.3 Å². The first kappa shape index (κ1) is 14.0. The minimum atomic E-state index is 0.403. The first-order chi connectivity index (χ1) is 10.2. The monoisotopic (exact) mass is 345 g/mol. The third-order valence-corrected chi connectivity index (χ3v) is 4.27. The highest BCUT2D eigenvalue weighted by molar-refractivity contribution is 9.10. The molecule has 0 radical (unpaired) electrons. The van der Waals surface area contributed by atoms with Crippen LogP contribution >= 0.6 is 15.9 Å². The Morgan fingerprint density at radius 3 is 2.43 bits per heavy atom. The number of nitrogens with two attached hydrogens (primary N) is 1. The van der Waals surface area contributed by atoms with Gasteiger partial charge in [0.1, 0.15) is 17.5 Å². The van der Waals surface area contributed by atoms with E-state index in [1.54, 1.807) is 4.68 Å². The first-order valence-electron chi connectivity index (χ1n) is 7.00. The number of aromatic nitrogens is 2. The van der Waals surface area contributed by atoms with Gasteiger partial charge in [0.05, 0.1) is 5.69 Å². The summed E-state index contributed by atoms with van der Waals surface area (Å²) < 4.78 is 2.64. The van der Waals surface area contributed by atoms with Gasteiger partial charge in [-0.25, -0.2) is 4.68 Å². The van der Waals surface area contributed by atoms with Crippen molar-refractivity contribution in [1.29, 1.82) is 5.26 Å². The lowest BCUT2D eigenvalue weighted by Crippen LogP contribution is -2.30. The van der Waals surface area contributed by atoms with Crippen LogP contribution in [0, 0.1) is 11.3 Å². The third-order valence-electron chi connectivity index (χ3n) is 3.74. The molecule has 3 rings (SSSR count). The van der Waals surface area contributed by atoms with Crippen LogP contribution in [0.15, 0.2) is 28.7 Å². The van der Waals surface area contributed by atoms with E-state index in [1.165, 1.54) is 6.42 Å². The molecule has 0 atom stereocenters. The SMILES string of the molecule is N#Cc1c(N2CCCCC2)nn(-c2ccc(Br)cc2)c1N. The van der Waals surface area contributed by atoms with Crippen molar-refractivity contribution in [3.05, 3.63) is 34.3 Å². The van der Waals surface area contributed by atoms with Gasteiger partial charge in [-0.1, -0.05) is 15.9 Å². The smallest absolute Gasteiger partial charge is 0.171 e. The molecule has 21 heavy (non-hydrogen) atoms. The maximum absolute atomic E-state index is 9.42. The third kappa shape index (κ3) is 2.61. The Labute approximate surface area is 132 Å². The Hall–Kier alpha value is -2.00. The van der Waals surface area contributed by atoms with Crippen LogP contribution in [0.5, 0.6) is 0 Å². The van der Waals surface area contributed by atoms with Gasteiger partial charge < -0.3 is 10.6 Å². The van der Waals surface area contributed by atoms with E-state index in [4.69, 9.17) is 5.73 Å². The summed E-state index contributed by atoms with van der Waals surface area (Å²) in [5.41, 5.74) is 7.46. The second-order valence-electron chi connectivity index (χ2n) is 5.13. The Morgan fingerprint density at radius 1 is 1.14 bits per heavy atom. The van der Waals surface area contributed by atoms with E-state index in [-0.39, 0.29) is 0 Å².